The van der Waals surface area contributed by atoms with E-state index in [0.717, 1.165) is 42.9 Å². The average Bonchev–Trinajstić information content (AvgIpc) is 2.61. The number of hydrogen-bond acceptors (Lipinski definition) is 3. The van der Waals surface area contributed by atoms with E-state index >= 15 is 0 Å². The van der Waals surface area contributed by atoms with Crippen LogP contribution in [-0.4, -0.2) is 19.0 Å². The molecule has 4 nitrogen and oxygen atoms in total. The van der Waals surface area contributed by atoms with Gasteiger partial charge in [0.15, 0.2) is 0 Å². The van der Waals surface area contributed by atoms with Crippen LogP contribution in [0.25, 0.3) is 0 Å². The third-order valence-electron chi connectivity index (χ3n) is 4.30. The van der Waals surface area contributed by atoms with Crippen LogP contribution in [0.3, 0.4) is 0 Å². The first-order valence-corrected chi connectivity index (χ1v) is 8.51. The lowest BCUT2D eigenvalue weighted by molar-refractivity contribution is -0.120. The summed E-state index contributed by atoms with van der Waals surface area (Å²) >= 11 is 0. The molecule has 3 rings (SSSR count). The minimum absolute atomic E-state index is 0. The predicted octanol–water partition coefficient (Wildman–Crippen LogP) is 3.93. The van der Waals surface area contributed by atoms with Crippen molar-refractivity contribution in [1.29, 1.82) is 0 Å². The van der Waals surface area contributed by atoms with E-state index in [2.05, 4.69) is 35.8 Å². The first-order valence-electron chi connectivity index (χ1n) is 8.51. The van der Waals surface area contributed by atoms with E-state index in [9.17, 15) is 4.79 Å². The van der Waals surface area contributed by atoms with Crippen molar-refractivity contribution < 1.29 is 9.53 Å². The molecule has 1 aliphatic rings. The maximum absolute atomic E-state index is 12.3. The van der Waals surface area contributed by atoms with Gasteiger partial charge in [0.25, 0.3) is 0 Å². The molecule has 25 heavy (non-hydrogen) atoms. The quantitative estimate of drug-likeness (QED) is 0.849. The minimum atomic E-state index is 0. The molecule has 2 aromatic carbocycles. The topological polar surface area (TPSA) is 50.4 Å². The van der Waals surface area contributed by atoms with Crippen LogP contribution in [0.1, 0.15) is 24.0 Å². The standard InChI is InChI=1S/C20H24N2O2.ClH/c1-15-4-2-5-16(12-15)14-24-19-7-3-6-18(13-19)22-20(23)17-8-10-21-11-9-17;/h2-7,12-13,17,21H,8-11,14H2,1H3,(H,22,23);1H. The van der Waals surface area contributed by atoms with Crippen molar-refractivity contribution in [2.75, 3.05) is 18.4 Å². The number of amides is 1. The summed E-state index contributed by atoms with van der Waals surface area (Å²) in [5.74, 6) is 0.968. The van der Waals surface area contributed by atoms with Gasteiger partial charge in [-0.15, -0.1) is 12.4 Å². The number of ether oxygens (including phenoxy) is 1. The fraction of sp³-hybridized carbons (Fsp3) is 0.350. The van der Waals surface area contributed by atoms with Crippen LogP contribution < -0.4 is 15.4 Å². The maximum Gasteiger partial charge on any atom is 0.227 e. The second-order valence-corrected chi connectivity index (χ2v) is 6.32. The number of benzene rings is 2. The molecule has 1 amide bonds. The lowest BCUT2D eigenvalue weighted by Gasteiger charge is -2.21. The van der Waals surface area contributed by atoms with Gasteiger partial charge in [0.05, 0.1) is 0 Å². The molecule has 0 bridgehead atoms. The van der Waals surface area contributed by atoms with Crippen molar-refractivity contribution in [3.63, 3.8) is 0 Å². The van der Waals surface area contributed by atoms with Crippen molar-refractivity contribution >= 4 is 24.0 Å². The Kier molecular flexibility index (Phi) is 7.29. The van der Waals surface area contributed by atoms with Gasteiger partial charge in [0.2, 0.25) is 5.91 Å². The summed E-state index contributed by atoms with van der Waals surface area (Å²) in [4.78, 5) is 12.3. The maximum atomic E-state index is 12.3. The lowest BCUT2D eigenvalue weighted by Crippen LogP contribution is -2.34. The molecule has 0 atom stereocenters. The highest BCUT2D eigenvalue weighted by molar-refractivity contribution is 5.92. The van der Waals surface area contributed by atoms with Gasteiger partial charge in [-0.1, -0.05) is 35.9 Å². The zero-order chi connectivity index (χ0) is 16.8. The fourth-order valence-corrected chi connectivity index (χ4v) is 2.96. The van der Waals surface area contributed by atoms with Crippen LogP contribution in [0.15, 0.2) is 48.5 Å². The molecule has 1 aliphatic heterocycles. The van der Waals surface area contributed by atoms with Crippen LogP contribution >= 0.6 is 12.4 Å². The van der Waals surface area contributed by atoms with E-state index in [1.54, 1.807) is 0 Å². The van der Waals surface area contributed by atoms with Gasteiger partial charge in [-0.25, -0.2) is 0 Å². The Balaban J connectivity index is 0.00000225. The molecule has 5 heteroatoms. The van der Waals surface area contributed by atoms with Gasteiger partial charge >= 0.3 is 0 Å². The zero-order valence-electron chi connectivity index (χ0n) is 14.5. The molecule has 1 heterocycles. The number of halogens is 1. The number of piperidine rings is 1. The van der Waals surface area contributed by atoms with Crippen LogP contribution in [0.5, 0.6) is 5.75 Å². The van der Waals surface area contributed by atoms with Crippen LogP contribution in [0.2, 0.25) is 0 Å². The fourth-order valence-electron chi connectivity index (χ4n) is 2.96. The third-order valence-corrected chi connectivity index (χ3v) is 4.30. The number of nitrogens with one attached hydrogen (secondary N) is 2. The smallest absolute Gasteiger partial charge is 0.227 e. The molecule has 2 aromatic rings. The van der Waals surface area contributed by atoms with Crippen molar-refractivity contribution in [3.8, 4) is 5.75 Å². The molecular weight excluding hydrogens is 336 g/mol. The molecule has 0 radical (unpaired) electrons. The van der Waals surface area contributed by atoms with Crippen molar-refractivity contribution in [1.82, 2.24) is 5.32 Å². The second-order valence-electron chi connectivity index (χ2n) is 6.32. The van der Waals surface area contributed by atoms with Gasteiger partial charge in [-0.05, 0) is 50.6 Å². The molecule has 134 valence electrons. The number of aryl methyl sites for hydroxylation is 1. The Hall–Kier alpha value is -2.04. The number of carbonyl (C=O) groups excluding carboxylic acids is 1. The number of anilines is 1. The molecule has 0 aromatic heterocycles. The summed E-state index contributed by atoms with van der Waals surface area (Å²) in [6, 6.07) is 15.9. The predicted molar refractivity (Wildman–Crippen MR) is 103 cm³/mol. The summed E-state index contributed by atoms with van der Waals surface area (Å²) in [7, 11) is 0. The molecule has 0 spiro atoms. The lowest BCUT2D eigenvalue weighted by atomic mass is 9.97. The zero-order valence-corrected chi connectivity index (χ0v) is 15.3. The van der Waals surface area contributed by atoms with E-state index in [4.69, 9.17) is 4.74 Å². The number of rotatable bonds is 5. The van der Waals surface area contributed by atoms with Gasteiger partial charge in [-0.2, -0.15) is 0 Å². The highest BCUT2D eigenvalue weighted by Gasteiger charge is 2.20. The largest absolute Gasteiger partial charge is 0.489 e. The Morgan fingerprint density at radius 1 is 1.16 bits per heavy atom. The average molecular weight is 361 g/mol. The Morgan fingerprint density at radius 2 is 1.92 bits per heavy atom. The van der Waals surface area contributed by atoms with E-state index in [1.807, 2.05) is 30.3 Å². The van der Waals surface area contributed by atoms with Crippen LogP contribution in [-0.2, 0) is 11.4 Å². The summed E-state index contributed by atoms with van der Waals surface area (Å²) in [6.07, 6.45) is 1.80. The van der Waals surface area contributed by atoms with Crippen LogP contribution in [0.4, 0.5) is 5.69 Å². The summed E-state index contributed by atoms with van der Waals surface area (Å²) in [5, 5.41) is 6.29. The van der Waals surface area contributed by atoms with Crippen molar-refractivity contribution in [2.24, 2.45) is 5.92 Å². The first-order chi connectivity index (χ1) is 11.7. The summed E-state index contributed by atoms with van der Waals surface area (Å²) in [5.41, 5.74) is 3.15. The first kappa shape index (κ1) is 19.3. The number of hydrogen-bond donors (Lipinski definition) is 2. The Labute approximate surface area is 155 Å². The molecule has 0 unspecified atom stereocenters. The van der Waals surface area contributed by atoms with Gasteiger partial charge in [0, 0.05) is 17.7 Å². The molecular formula is C20H25ClN2O2. The van der Waals surface area contributed by atoms with E-state index in [-0.39, 0.29) is 24.2 Å². The summed E-state index contributed by atoms with van der Waals surface area (Å²) < 4.78 is 5.85. The highest BCUT2D eigenvalue weighted by Crippen LogP contribution is 2.21. The monoisotopic (exact) mass is 360 g/mol. The van der Waals surface area contributed by atoms with Crippen molar-refractivity contribution in [3.05, 3.63) is 59.7 Å². The van der Waals surface area contributed by atoms with Gasteiger partial charge in [-0.3, -0.25) is 4.79 Å². The van der Waals surface area contributed by atoms with Gasteiger partial charge in [0.1, 0.15) is 12.4 Å². The molecule has 1 saturated heterocycles. The highest BCUT2D eigenvalue weighted by atomic mass is 35.5. The Morgan fingerprint density at radius 3 is 2.68 bits per heavy atom. The van der Waals surface area contributed by atoms with Crippen LogP contribution in [0, 0.1) is 12.8 Å². The SMILES string of the molecule is Cc1cccc(COc2cccc(NC(=O)C3CCNCC3)c2)c1.Cl. The van der Waals surface area contributed by atoms with E-state index in [0.29, 0.717) is 6.61 Å². The molecule has 0 aliphatic carbocycles. The van der Waals surface area contributed by atoms with E-state index in [1.165, 1.54) is 5.56 Å². The minimum Gasteiger partial charge on any atom is -0.489 e. The molecule has 1 fully saturated rings. The van der Waals surface area contributed by atoms with Crippen molar-refractivity contribution in [2.45, 2.75) is 26.4 Å². The molecule has 2 N–H and O–H groups in total. The van der Waals surface area contributed by atoms with Gasteiger partial charge < -0.3 is 15.4 Å². The molecule has 0 saturated carbocycles. The normalized spacial score (nSPS) is 14.4. The van der Waals surface area contributed by atoms with E-state index < -0.39 is 0 Å². The Bertz CT molecular complexity index is 700. The third kappa shape index (κ3) is 5.76. The second kappa shape index (κ2) is 9.44. The number of carbonyl (C=O) groups is 1. The summed E-state index contributed by atoms with van der Waals surface area (Å²) in [6.45, 7) is 4.42.